The van der Waals surface area contributed by atoms with Crippen molar-refractivity contribution in [1.82, 2.24) is 4.90 Å². The molecular formula is C12H19NO2. The van der Waals surface area contributed by atoms with Crippen LogP contribution in [0.3, 0.4) is 0 Å². The summed E-state index contributed by atoms with van der Waals surface area (Å²) in [4.78, 5) is 24.9. The van der Waals surface area contributed by atoms with Crippen LogP contribution in [-0.2, 0) is 9.59 Å². The third kappa shape index (κ3) is 2.80. The molecule has 15 heavy (non-hydrogen) atoms. The molecule has 0 atom stereocenters. The summed E-state index contributed by atoms with van der Waals surface area (Å²) in [6, 6.07) is 0. The molecule has 1 saturated heterocycles. The summed E-state index contributed by atoms with van der Waals surface area (Å²) in [6.45, 7) is 1.90. The highest BCUT2D eigenvalue weighted by Crippen LogP contribution is 2.25. The Labute approximate surface area is 90.8 Å². The van der Waals surface area contributed by atoms with Crippen molar-refractivity contribution in [3.63, 3.8) is 0 Å². The van der Waals surface area contributed by atoms with E-state index in [4.69, 9.17) is 0 Å². The number of amides is 1. The average molecular weight is 209 g/mol. The maximum absolute atomic E-state index is 11.8. The monoisotopic (exact) mass is 209 g/mol. The van der Waals surface area contributed by atoms with Crippen molar-refractivity contribution in [2.24, 2.45) is 5.92 Å². The Morgan fingerprint density at radius 3 is 2.40 bits per heavy atom. The van der Waals surface area contributed by atoms with Gasteiger partial charge < -0.3 is 4.90 Å². The van der Waals surface area contributed by atoms with Crippen molar-refractivity contribution in [3.8, 4) is 0 Å². The molecule has 2 aliphatic rings. The minimum atomic E-state index is 0.312. The van der Waals surface area contributed by atoms with Gasteiger partial charge in [-0.25, -0.2) is 0 Å². The molecule has 2 fully saturated rings. The number of hydrogen-bond acceptors (Lipinski definition) is 2. The first-order valence-electron chi connectivity index (χ1n) is 6.05. The standard InChI is InChI=1S/C12H19NO2/c14-11-5-3-10(4-6-11)9-12(15)13-7-1-2-8-13/h10H,1-9H2. The highest BCUT2D eigenvalue weighted by molar-refractivity contribution is 5.80. The van der Waals surface area contributed by atoms with Crippen LogP contribution in [0.4, 0.5) is 0 Å². The molecule has 0 bridgehead atoms. The topological polar surface area (TPSA) is 37.4 Å². The van der Waals surface area contributed by atoms with E-state index in [2.05, 4.69) is 0 Å². The first kappa shape index (κ1) is 10.7. The van der Waals surface area contributed by atoms with Gasteiger partial charge in [0.05, 0.1) is 0 Å². The average Bonchev–Trinajstić information content (AvgIpc) is 2.74. The predicted octanol–water partition coefficient (Wildman–Crippen LogP) is 1.76. The van der Waals surface area contributed by atoms with Crippen LogP contribution in [0.2, 0.25) is 0 Å². The van der Waals surface area contributed by atoms with Crippen LogP contribution in [-0.4, -0.2) is 29.7 Å². The van der Waals surface area contributed by atoms with Crippen LogP contribution in [0.1, 0.15) is 44.9 Å². The molecule has 3 heteroatoms. The molecule has 3 nitrogen and oxygen atoms in total. The van der Waals surface area contributed by atoms with Gasteiger partial charge in [0.25, 0.3) is 0 Å². The van der Waals surface area contributed by atoms with Crippen molar-refractivity contribution < 1.29 is 9.59 Å². The van der Waals surface area contributed by atoms with Crippen LogP contribution in [0.25, 0.3) is 0 Å². The van der Waals surface area contributed by atoms with E-state index < -0.39 is 0 Å². The van der Waals surface area contributed by atoms with Crippen LogP contribution < -0.4 is 0 Å². The number of rotatable bonds is 2. The fourth-order valence-corrected chi connectivity index (χ4v) is 2.55. The van der Waals surface area contributed by atoms with E-state index in [1.165, 1.54) is 0 Å². The maximum atomic E-state index is 11.8. The number of carbonyl (C=O) groups is 2. The molecule has 1 aliphatic carbocycles. The molecule has 1 amide bonds. The minimum Gasteiger partial charge on any atom is -0.343 e. The third-order valence-electron chi connectivity index (χ3n) is 3.58. The van der Waals surface area contributed by atoms with Crippen molar-refractivity contribution in [2.75, 3.05) is 13.1 Å². The molecule has 0 unspecified atom stereocenters. The molecule has 2 rings (SSSR count). The summed E-state index contributed by atoms with van der Waals surface area (Å²) in [5, 5.41) is 0. The number of likely N-dealkylation sites (tertiary alicyclic amines) is 1. The second-order valence-corrected chi connectivity index (χ2v) is 4.77. The second-order valence-electron chi connectivity index (χ2n) is 4.77. The van der Waals surface area contributed by atoms with E-state index in [0.29, 0.717) is 36.9 Å². The fourth-order valence-electron chi connectivity index (χ4n) is 2.55. The van der Waals surface area contributed by atoms with E-state index in [1.54, 1.807) is 0 Å². The van der Waals surface area contributed by atoms with E-state index >= 15 is 0 Å². The number of carbonyl (C=O) groups excluding carboxylic acids is 2. The lowest BCUT2D eigenvalue weighted by molar-refractivity contribution is -0.132. The molecule has 84 valence electrons. The van der Waals surface area contributed by atoms with Gasteiger partial charge in [0.15, 0.2) is 0 Å². The Morgan fingerprint density at radius 1 is 1.20 bits per heavy atom. The molecule has 0 aromatic heterocycles. The van der Waals surface area contributed by atoms with Crippen LogP contribution in [0, 0.1) is 5.92 Å². The number of Topliss-reactive ketones (excluding diaryl/α,β-unsaturated/α-hetero) is 1. The van der Waals surface area contributed by atoms with Gasteiger partial charge in [0.1, 0.15) is 5.78 Å². The Bertz CT molecular complexity index is 246. The van der Waals surface area contributed by atoms with Gasteiger partial charge in [-0.1, -0.05) is 0 Å². The lowest BCUT2D eigenvalue weighted by atomic mass is 9.86. The first-order valence-corrected chi connectivity index (χ1v) is 6.05. The lowest BCUT2D eigenvalue weighted by Crippen LogP contribution is -2.30. The summed E-state index contributed by atoms with van der Waals surface area (Å²) >= 11 is 0. The molecule has 0 radical (unpaired) electrons. The van der Waals surface area contributed by atoms with Crippen LogP contribution in [0.15, 0.2) is 0 Å². The van der Waals surface area contributed by atoms with Crippen molar-refractivity contribution in [1.29, 1.82) is 0 Å². The van der Waals surface area contributed by atoms with Crippen LogP contribution >= 0.6 is 0 Å². The highest BCUT2D eigenvalue weighted by Gasteiger charge is 2.24. The molecule has 1 aliphatic heterocycles. The summed E-state index contributed by atoms with van der Waals surface area (Å²) in [5.74, 6) is 1.16. The summed E-state index contributed by atoms with van der Waals surface area (Å²) < 4.78 is 0. The fraction of sp³-hybridized carbons (Fsp3) is 0.833. The summed E-state index contributed by atoms with van der Waals surface area (Å²) in [7, 11) is 0. The van der Waals surface area contributed by atoms with E-state index in [9.17, 15) is 9.59 Å². The summed E-state index contributed by atoms with van der Waals surface area (Å²) in [5.41, 5.74) is 0. The van der Waals surface area contributed by atoms with Crippen molar-refractivity contribution in [2.45, 2.75) is 44.9 Å². The van der Waals surface area contributed by atoms with E-state index in [0.717, 1.165) is 38.8 Å². The Morgan fingerprint density at radius 2 is 1.80 bits per heavy atom. The molecule has 0 spiro atoms. The lowest BCUT2D eigenvalue weighted by Gasteiger charge is -2.23. The van der Waals surface area contributed by atoms with Gasteiger partial charge in [-0.2, -0.15) is 0 Å². The highest BCUT2D eigenvalue weighted by atomic mass is 16.2. The molecule has 0 aromatic rings. The molecule has 1 saturated carbocycles. The van der Waals surface area contributed by atoms with Gasteiger partial charge in [-0.15, -0.1) is 0 Å². The zero-order chi connectivity index (χ0) is 10.7. The SMILES string of the molecule is O=C1CCC(CC(=O)N2CCCC2)CC1. The number of hydrogen-bond donors (Lipinski definition) is 0. The number of ketones is 1. The van der Waals surface area contributed by atoms with E-state index in [1.807, 2.05) is 4.90 Å². The van der Waals surface area contributed by atoms with Crippen molar-refractivity contribution in [3.05, 3.63) is 0 Å². The molecule has 1 heterocycles. The first-order chi connectivity index (χ1) is 7.25. The Kier molecular flexibility index (Phi) is 3.39. The smallest absolute Gasteiger partial charge is 0.222 e. The normalized spacial score (nSPS) is 23.5. The Hall–Kier alpha value is -0.860. The van der Waals surface area contributed by atoms with Gasteiger partial charge in [0.2, 0.25) is 5.91 Å². The zero-order valence-electron chi connectivity index (χ0n) is 9.21. The summed E-state index contributed by atoms with van der Waals surface area (Å²) in [6.07, 6.45) is 6.24. The number of nitrogens with zero attached hydrogens (tertiary/aromatic N) is 1. The van der Waals surface area contributed by atoms with Gasteiger partial charge in [-0.05, 0) is 31.6 Å². The zero-order valence-corrected chi connectivity index (χ0v) is 9.21. The minimum absolute atomic E-state index is 0.312. The van der Waals surface area contributed by atoms with Gasteiger partial charge >= 0.3 is 0 Å². The molecule has 0 N–H and O–H groups in total. The van der Waals surface area contributed by atoms with E-state index in [-0.39, 0.29) is 0 Å². The third-order valence-corrected chi connectivity index (χ3v) is 3.58. The predicted molar refractivity (Wildman–Crippen MR) is 57.4 cm³/mol. The quantitative estimate of drug-likeness (QED) is 0.695. The Balaban J connectivity index is 1.76. The largest absolute Gasteiger partial charge is 0.343 e. The molecular weight excluding hydrogens is 190 g/mol. The van der Waals surface area contributed by atoms with Gasteiger partial charge in [-0.3, -0.25) is 9.59 Å². The maximum Gasteiger partial charge on any atom is 0.222 e. The van der Waals surface area contributed by atoms with Gasteiger partial charge in [0, 0.05) is 32.4 Å². The molecule has 0 aromatic carbocycles. The second kappa shape index (κ2) is 4.77. The van der Waals surface area contributed by atoms with Crippen LogP contribution in [0.5, 0.6) is 0 Å². The van der Waals surface area contributed by atoms with Crippen molar-refractivity contribution >= 4 is 11.7 Å².